The number of nitrogens with one attached hydrogen (secondary N) is 1. The number of benzene rings is 1. The molecule has 0 bridgehead atoms. The molecular weight excluding hydrogens is 238 g/mol. The number of ether oxygens (including phenoxy) is 2. The molecule has 0 amide bonds. The normalized spacial score (nSPS) is 19.1. The van der Waals surface area contributed by atoms with E-state index in [1.807, 2.05) is 0 Å². The van der Waals surface area contributed by atoms with Crippen molar-refractivity contribution in [3.05, 3.63) is 29.3 Å². The topological polar surface area (TPSA) is 30.5 Å². The summed E-state index contributed by atoms with van der Waals surface area (Å²) >= 11 is 0. The Hall–Kier alpha value is -1.06. The van der Waals surface area contributed by atoms with E-state index in [0.717, 1.165) is 18.7 Å². The van der Waals surface area contributed by atoms with Crippen molar-refractivity contribution < 1.29 is 9.47 Å². The van der Waals surface area contributed by atoms with Crippen LogP contribution < -0.4 is 10.1 Å². The zero-order chi connectivity index (χ0) is 13.9. The van der Waals surface area contributed by atoms with Crippen molar-refractivity contribution >= 4 is 0 Å². The summed E-state index contributed by atoms with van der Waals surface area (Å²) < 4.78 is 10.8. The highest BCUT2D eigenvalue weighted by molar-refractivity contribution is 5.39. The van der Waals surface area contributed by atoms with Gasteiger partial charge >= 0.3 is 0 Å². The van der Waals surface area contributed by atoms with E-state index in [-0.39, 0.29) is 5.60 Å². The van der Waals surface area contributed by atoms with Gasteiger partial charge in [0.15, 0.2) is 0 Å². The Morgan fingerprint density at radius 3 is 2.79 bits per heavy atom. The zero-order valence-corrected chi connectivity index (χ0v) is 12.5. The van der Waals surface area contributed by atoms with Gasteiger partial charge in [-0.2, -0.15) is 0 Å². The molecule has 0 fully saturated rings. The molecule has 1 atom stereocenters. The predicted octanol–water partition coefficient (Wildman–Crippen LogP) is 3.09. The fraction of sp³-hybridized carbons (Fsp3) is 0.625. The number of aryl methyl sites for hydroxylation is 1. The molecule has 3 nitrogen and oxygen atoms in total. The minimum Gasteiger partial charge on any atom is -0.497 e. The number of fused-ring (bicyclic) bond motifs is 1. The van der Waals surface area contributed by atoms with E-state index in [4.69, 9.17) is 9.47 Å². The van der Waals surface area contributed by atoms with Gasteiger partial charge in [-0.15, -0.1) is 0 Å². The lowest BCUT2D eigenvalue weighted by molar-refractivity contribution is 0.0205. The Balaban J connectivity index is 2.09. The highest BCUT2D eigenvalue weighted by atomic mass is 16.5. The van der Waals surface area contributed by atoms with E-state index in [2.05, 4.69) is 37.4 Å². The fourth-order valence-corrected chi connectivity index (χ4v) is 2.57. The van der Waals surface area contributed by atoms with Gasteiger partial charge in [0.1, 0.15) is 5.75 Å². The van der Waals surface area contributed by atoms with Gasteiger partial charge in [-0.25, -0.2) is 0 Å². The Morgan fingerprint density at radius 1 is 1.32 bits per heavy atom. The monoisotopic (exact) mass is 263 g/mol. The molecule has 0 aliphatic heterocycles. The highest BCUT2D eigenvalue weighted by Gasteiger charge is 2.23. The van der Waals surface area contributed by atoms with Crippen molar-refractivity contribution in [2.45, 2.75) is 44.8 Å². The molecule has 0 heterocycles. The summed E-state index contributed by atoms with van der Waals surface area (Å²) in [7, 11) is 3.49. The third-order valence-electron chi connectivity index (χ3n) is 3.99. The van der Waals surface area contributed by atoms with Crippen LogP contribution in [0.25, 0.3) is 0 Å². The molecule has 1 aliphatic rings. The predicted molar refractivity (Wildman–Crippen MR) is 77.8 cm³/mol. The van der Waals surface area contributed by atoms with Gasteiger partial charge in [0.25, 0.3) is 0 Å². The molecule has 3 heteroatoms. The average Bonchev–Trinajstić information content (AvgIpc) is 2.44. The summed E-state index contributed by atoms with van der Waals surface area (Å²) in [6.07, 6.45) is 3.57. The minimum absolute atomic E-state index is 0.121. The van der Waals surface area contributed by atoms with Crippen LogP contribution in [0.4, 0.5) is 0 Å². The summed E-state index contributed by atoms with van der Waals surface area (Å²) in [6.45, 7) is 5.08. The Morgan fingerprint density at radius 2 is 2.11 bits per heavy atom. The van der Waals surface area contributed by atoms with Gasteiger partial charge in [0, 0.05) is 19.7 Å². The molecule has 0 saturated heterocycles. The lowest BCUT2D eigenvalue weighted by Crippen LogP contribution is -2.39. The van der Waals surface area contributed by atoms with Crippen LogP contribution in [0, 0.1) is 0 Å². The highest BCUT2D eigenvalue weighted by Crippen LogP contribution is 2.32. The van der Waals surface area contributed by atoms with Crippen LogP contribution in [0.15, 0.2) is 18.2 Å². The van der Waals surface area contributed by atoms with Gasteiger partial charge in [-0.1, -0.05) is 6.07 Å². The second kappa shape index (κ2) is 5.93. The van der Waals surface area contributed by atoms with E-state index in [1.165, 1.54) is 24.0 Å². The Labute approximate surface area is 116 Å². The largest absolute Gasteiger partial charge is 0.497 e. The quantitative estimate of drug-likeness (QED) is 0.885. The third-order valence-corrected chi connectivity index (χ3v) is 3.99. The van der Waals surface area contributed by atoms with Gasteiger partial charge < -0.3 is 14.8 Å². The molecule has 0 spiro atoms. The molecule has 0 saturated carbocycles. The van der Waals surface area contributed by atoms with Crippen LogP contribution in [0.2, 0.25) is 0 Å². The van der Waals surface area contributed by atoms with E-state index in [0.29, 0.717) is 6.04 Å². The third kappa shape index (κ3) is 3.48. The summed E-state index contributed by atoms with van der Waals surface area (Å²) in [6, 6.07) is 6.86. The summed E-state index contributed by atoms with van der Waals surface area (Å²) in [5.74, 6) is 0.955. The molecule has 106 valence electrons. The van der Waals surface area contributed by atoms with Crippen LogP contribution in [0.3, 0.4) is 0 Å². The maximum atomic E-state index is 5.47. The molecule has 1 aromatic rings. The average molecular weight is 263 g/mol. The van der Waals surface area contributed by atoms with Crippen LogP contribution in [-0.4, -0.2) is 26.4 Å². The SMILES string of the molecule is COc1ccc2c(c1)CCCC2NCC(C)(C)OC. The van der Waals surface area contributed by atoms with Crippen molar-refractivity contribution in [2.24, 2.45) is 0 Å². The molecule has 1 aromatic carbocycles. The number of rotatable bonds is 5. The molecule has 1 aliphatic carbocycles. The van der Waals surface area contributed by atoms with Gasteiger partial charge in [0.2, 0.25) is 0 Å². The molecular formula is C16H25NO2. The van der Waals surface area contributed by atoms with Crippen molar-refractivity contribution in [1.29, 1.82) is 0 Å². The van der Waals surface area contributed by atoms with E-state index < -0.39 is 0 Å². The molecule has 1 N–H and O–H groups in total. The van der Waals surface area contributed by atoms with E-state index in [1.54, 1.807) is 14.2 Å². The Kier molecular flexibility index (Phi) is 4.48. The van der Waals surface area contributed by atoms with Gasteiger partial charge in [-0.05, 0) is 56.4 Å². The van der Waals surface area contributed by atoms with Crippen LogP contribution >= 0.6 is 0 Å². The molecule has 2 rings (SSSR count). The summed E-state index contributed by atoms with van der Waals surface area (Å²) in [4.78, 5) is 0. The van der Waals surface area contributed by atoms with Crippen LogP contribution in [-0.2, 0) is 11.2 Å². The van der Waals surface area contributed by atoms with Gasteiger partial charge in [0.05, 0.1) is 12.7 Å². The van der Waals surface area contributed by atoms with Crippen LogP contribution in [0.5, 0.6) is 5.75 Å². The molecule has 0 aromatic heterocycles. The molecule has 19 heavy (non-hydrogen) atoms. The van der Waals surface area contributed by atoms with Crippen molar-refractivity contribution in [1.82, 2.24) is 5.32 Å². The van der Waals surface area contributed by atoms with Crippen molar-refractivity contribution in [3.8, 4) is 5.75 Å². The van der Waals surface area contributed by atoms with E-state index in [9.17, 15) is 0 Å². The van der Waals surface area contributed by atoms with Gasteiger partial charge in [-0.3, -0.25) is 0 Å². The Bertz CT molecular complexity index is 429. The first kappa shape index (κ1) is 14.4. The van der Waals surface area contributed by atoms with Crippen LogP contribution in [0.1, 0.15) is 43.9 Å². The maximum Gasteiger partial charge on any atom is 0.119 e. The molecule has 1 unspecified atom stereocenters. The lowest BCUT2D eigenvalue weighted by atomic mass is 9.87. The first-order chi connectivity index (χ1) is 9.05. The minimum atomic E-state index is -0.121. The first-order valence-electron chi connectivity index (χ1n) is 7.01. The first-order valence-corrected chi connectivity index (χ1v) is 7.01. The number of methoxy groups -OCH3 is 2. The zero-order valence-electron chi connectivity index (χ0n) is 12.5. The molecule has 0 radical (unpaired) electrons. The number of hydrogen-bond donors (Lipinski definition) is 1. The van der Waals surface area contributed by atoms with Crippen molar-refractivity contribution in [2.75, 3.05) is 20.8 Å². The summed E-state index contributed by atoms with van der Waals surface area (Å²) in [5, 5.41) is 3.64. The second-order valence-electron chi connectivity index (χ2n) is 5.85. The summed E-state index contributed by atoms with van der Waals surface area (Å²) in [5.41, 5.74) is 2.71. The lowest BCUT2D eigenvalue weighted by Gasteiger charge is -2.31. The maximum absolute atomic E-state index is 5.47. The number of hydrogen-bond acceptors (Lipinski definition) is 3. The smallest absolute Gasteiger partial charge is 0.119 e. The second-order valence-corrected chi connectivity index (χ2v) is 5.85. The standard InChI is InChI=1S/C16H25NO2/c1-16(2,19-4)11-17-15-7-5-6-12-10-13(18-3)8-9-14(12)15/h8-10,15,17H,5-7,11H2,1-4H3. The van der Waals surface area contributed by atoms with E-state index >= 15 is 0 Å². The fourth-order valence-electron chi connectivity index (χ4n) is 2.57. The van der Waals surface area contributed by atoms with Crippen molar-refractivity contribution in [3.63, 3.8) is 0 Å².